The van der Waals surface area contributed by atoms with Crippen molar-refractivity contribution >= 4 is 5.78 Å². The van der Waals surface area contributed by atoms with Crippen LogP contribution < -0.4 is 5.56 Å². The van der Waals surface area contributed by atoms with Crippen LogP contribution in [0.4, 0.5) is 17.6 Å². The highest BCUT2D eigenvalue weighted by Crippen LogP contribution is 2.33. The Labute approximate surface area is 176 Å². The normalized spacial score (nSPS) is 12.7. The van der Waals surface area contributed by atoms with Gasteiger partial charge >= 0.3 is 6.18 Å². The highest BCUT2D eigenvalue weighted by molar-refractivity contribution is 5.96. The molecule has 0 fully saturated rings. The largest absolute Gasteiger partial charge is 0.416 e. The van der Waals surface area contributed by atoms with Crippen LogP contribution in [0, 0.1) is 5.82 Å². The van der Waals surface area contributed by atoms with Crippen molar-refractivity contribution in [1.29, 1.82) is 0 Å². The summed E-state index contributed by atoms with van der Waals surface area (Å²) in [5, 5.41) is 0. The van der Waals surface area contributed by atoms with Crippen LogP contribution >= 0.6 is 0 Å². The third-order valence-corrected chi connectivity index (χ3v) is 4.96. The Bertz CT molecular complexity index is 1140. The fourth-order valence-electron chi connectivity index (χ4n) is 3.31. The monoisotopic (exact) mass is 432 g/mol. The second-order valence-corrected chi connectivity index (χ2v) is 7.43. The molecule has 1 atom stereocenters. The molecule has 0 radical (unpaired) electrons. The summed E-state index contributed by atoms with van der Waals surface area (Å²) in [5.41, 5.74) is -0.557. The lowest BCUT2D eigenvalue weighted by atomic mass is 9.88. The first-order valence-corrected chi connectivity index (χ1v) is 9.61. The Morgan fingerprint density at radius 3 is 2.32 bits per heavy atom. The number of aromatic nitrogens is 2. The Morgan fingerprint density at radius 1 is 1.06 bits per heavy atom. The van der Waals surface area contributed by atoms with E-state index in [1.807, 2.05) is 0 Å². The molecule has 0 aliphatic heterocycles. The van der Waals surface area contributed by atoms with Crippen LogP contribution in [0.5, 0.6) is 0 Å². The first-order valence-electron chi connectivity index (χ1n) is 9.61. The maximum atomic E-state index is 14.5. The van der Waals surface area contributed by atoms with Gasteiger partial charge in [-0.15, -0.1) is 0 Å². The number of halogens is 4. The molecule has 162 valence electrons. The second kappa shape index (κ2) is 8.83. The van der Waals surface area contributed by atoms with Gasteiger partial charge < -0.3 is 4.57 Å². The summed E-state index contributed by atoms with van der Waals surface area (Å²) >= 11 is 0. The number of rotatable bonds is 6. The number of hydrogen-bond acceptors (Lipinski definition) is 3. The topological polar surface area (TPSA) is 52.0 Å². The number of carbonyl (C=O) groups is 1. The summed E-state index contributed by atoms with van der Waals surface area (Å²) < 4.78 is 54.6. The molecule has 31 heavy (non-hydrogen) atoms. The minimum Gasteiger partial charge on any atom is -0.312 e. The number of carbonyl (C=O) groups excluding carboxylic acids is 1. The quantitative estimate of drug-likeness (QED) is 0.388. The van der Waals surface area contributed by atoms with Crippen LogP contribution in [0.2, 0.25) is 0 Å². The van der Waals surface area contributed by atoms with E-state index in [0.29, 0.717) is 5.56 Å². The molecular formula is C23H20F4N2O2. The Hall–Kier alpha value is -3.29. The predicted molar refractivity (Wildman–Crippen MR) is 108 cm³/mol. The van der Waals surface area contributed by atoms with Crippen molar-refractivity contribution in [3.05, 3.63) is 99.5 Å². The molecule has 8 heteroatoms. The van der Waals surface area contributed by atoms with Gasteiger partial charge in [-0.25, -0.2) is 4.39 Å². The smallest absolute Gasteiger partial charge is 0.312 e. The number of pyridine rings is 2. The van der Waals surface area contributed by atoms with Gasteiger partial charge in [0, 0.05) is 42.4 Å². The third-order valence-electron chi connectivity index (χ3n) is 4.96. The lowest BCUT2D eigenvalue weighted by molar-refractivity contribution is -0.137. The SMILES string of the molecule is CC(C)n1cc(C(=O)C[C@@H](c2ccc(C(F)(F)F)cc2)c2ncccc2F)ccc1=O. The number of Topliss-reactive ketones (excluding diaryl/α,β-unsaturated/α-hetero) is 1. The molecule has 0 bridgehead atoms. The zero-order valence-corrected chi connectivity index (χ0v) is 16.9. The molecule has 0 aliphatic rings. The van der Waals surface area contributed by atoms with Crippen molar-refractivity contribution in [3.8, 4) is 0 Å². The number of hydrogen-bond donors (Lipinski definition) is 0. The summed E-state index contributed by atoms with van der Waals surface area (Å²) in [5.74, 6) is -1.94. The molecule has 0 aliphatic carbocycles. The molecule has 0 saturated heterocycles. The lowest BCUT2D eigenvalue weighted by Gasteiger charge is -2.18. The average molecular weight is 432 g/mol. The second-order valence-electron chi connectivity index (χ2n) is 7.43. The molecule has 0 spiro atoms. The van der Waals surface area contributed by atoms with Crippen LogP contribution in [-0.4, -0.2) is 15.3 Å². The number of alkyl halides is 3. The molecule has 0 amide bonds. The van der Waals surface area contributed by atoms with E-state index in [2.05, 4.69) is 4.98 Å². The summed E-state index contributed by atoms with van der Waals surface area (Å²) in [7, 11) is 0. The predicted octanol–water partition coefficient (Wildman–Crippen LogP) is 5.39. The van der Waals surface area contributed by atoms with E-state index in [4.69, 9.17) is 0 Å². The van der Waals surface area contributed by atoms with E-state index in [1.54, 1.807) is 13.8 Å². The summed E-state index contributed by atoms with van der Waals surface area (Å²) in [6.45, 7) is 3.59. The fourth-order valence-corrected chi connectivity index (χ4v) is 3.31. The highest BCUT2D eigenvalue weighted by Gasteiger charge is 2.31. The van der Waals surface area contributed by atoms with E-state index < -0.39 is 23.5 Å². The van der Waals surface area contributed by atoms with Crippen LogP contribution in [0.25, 0.3) is 0 Å². The number of ketones is 1. The summed E-state index contributed by atoms with van der Waals surface area (Å²) in [6.07, 6.45) is -1.94. The van der Waals surface area contributed by atoms with Gasteiger partial charge in [0.05, 0.1) is 11.3 Å². The molecule has 1 aromatic carbocycles. The molecule has 4 nitrogen and oxygen atoms in total. The maximum Gasteiger partial charge on any atom is 0.416 e. The highest BCUT2D eigenvalue weighted by atomic mass is 19.4. The molecular weight excluding hydrogens is 412 g/mol. The first-order chi connectivity index (χ1) is 14.6. The Kier molecular flexibility index (Phi) is 6.38. The molecule has 0 saturated carbocycles. The minimum atomic E-state index is -4.51. The molecule has 0 N–H and O–H groups in total. The fraction of sp³-hybridized carbons (Fsp3) is 0.261. The average Bonchev–Trinajstić information content (AvgIpc) is 2.72. The van der Waals surface area contributed by atoms with Gasteiger partial charge in [-0.3, -0.25) is 14.6 Å². The van der Waals surface area contributed by atoms with Crippen LogP contribution in [-0.2, 0) is 6.18 Å². The molecule has 3 aromatic rings. The van der Waals surface area contributed by atoms with Crippen molar-refractivity contribution in [1.82, 2.24) is 9.55 Å². The van der Waals surface area contributed by atoms with Gasteiger partial charge in [-0.1, -0.05) is 12.1 Å². The van der Waals surface area contributed by atoms with E-state index in [9.17, 15) is 27.2 Å². The van der Waals surface area contributed by atoms with Gasteiger partial charge in [-0.05, 0) is 49.7 Å². The first kappa shape index (κ1) is 22.4. The van der Waals surface area contributed by atoms with Crippen LogP contribution in [0.3, 0.4) is 0 Å². The molecule has 0 unspecified atom stereocenters. The summed E-state index contributed by atoms with van der Waals surface area (Å²) in [4.78, 5) is 29.0. The molecule has 3 rings (SSSR count). The Balaban J connectivity index is 2.00. The summed E-state index contributed by atoms with van der Waals surface area (Å²) in [6, 6.07) is 9.32. The van der Waals surface area contributed by atoms with E-state index in [-0.39, 0.29) is 35.1 Å². The van der Waals surface area contributed by atoms with E-state index in [0.717, 1.165) is 12.1 Å². The number of nitrogens with zero attached hydrogens (tertiary/aromatic N) is 2. The van der Waals surface area contributed by atoms with Crippen molar-refractivity contribution in [2.75, 3.05) is 0 Å². The van der Waals surface area contributed by atoms with Crippen molar-refractivity contribution in [2.24, 2.45) is 0 Å². The van der Waals surface area contributed by atoms with E-state index >= 15 is 0 Å². The molecule has 2 aromatic heterocycles. The van der Waals surface area contributed by atoms with Crippen LogP contribution in [0.1, 0.15) is 59.4 Å². The van der Waals surface area contributed by atoms with Gasteiger partial charge in [0.1, 0.15) is 5.82 Å². The van der Waals surface area contributed by atoms with Gasteiger partial charge in [0.15, 0.2) is 5.78 Å². The van der Waals surface area contributed by atoms with Crippen molar-refractivity contribution < 1.29 is 22.4 Å². The zero-order chi connectivity index (χ0) is 22.8. The Morgan fingerprint density at radius 2 is 1.74 bits per heavy atom. The van der Waals surface area contributed by atoms with Crippen molar-refractivity contribution in [2.45, 2.75) is 38.4 Å². The zero-order valence-electron chi connectivity index (χ0n) is 16.9. The lowest BCUT2D eigenvalue weighted by Crippen LogP contribution is -2.22. The number of benzene rings is 1. The van der Waals surface area contributed by atoms with Gasteiger partial charge in [-0.2, -0.15) is 13.2 Å². The van der Waals surface area contributed by atoms with Gasteiger partial charge in [0.2, 0.25) is 0 Å². The maximum absolute atomic E-state index is 14.5. The standard InChI is InChI=1S/C23H20F4N2O2/c1-14(2)29-13-16(7-10-21(29)31)20(30)12-18(22-19(24)4-3-11-28-22)15-5-8-17(9-6-15)23(25,26)27/h3-11,13-14,18H,12H2,1-2H3/t18-/m0/s1. The molecule has 2 heterocycles. The minimum absolute atomic E-state index is 0.0345. The third kappa shape index (κ3) is 5.07. The van der Waals surface area contributed by atoms with Crippen LogP contribution in [0.15, 0.2) is 65.7 Å². The van der Waals surface area contributed by atoms with E-state index in [1.165, 1.54) is 53.4 Å². The van der Waals surface area contributed by atoms with Gasteiger partial charge in [0.25, 0.3) is 5.56 Å². The van der Waals surface area contributed by atoms with Crippen molar-refractivity contribution in [3.63, 3.8) is 0 Å².